The van der Waals surface area contributed by atoms with Crippen molar-refractivity contribution in [3.05, 3.63) is 17.3 Å². The molecule has 0 bridgehead atoms. The molecule has 1 aromatic heterocycles. The lowest BCUT2D eigenvalue weighted by Gasteiger charge is -2.30. The minimum Gasteiger partial charge on any atom is -0.475 e. The molecule has 2 fully saturated rings. The van der Waals surface area contributed by atoms with Crippen LogP contribution >= 0.6 is 0 Å². The molecule has 32 heavy (non-hydrogen) atoms. The first kappa shape index (κ1) is 24.4. The molecule has 12 heteroatoms. The fourth-order valence-corrected chi connectivity index (χ4v) is 4.23. The molecule has 1 saturated carbocycles. The molecule has 1 saturated heterocycles. The number of halogens is 5. The second-order valence-corrected chi connectivity index (χ2v) is 8.48. The normalized spacial score (nSPS) is 21.6. The average molecular weight is 467 g/mol. The Morgan fingerprint density at radius 1 is 1.12 bits per heavy atom. The van der Waals surface area contributed by atoms with Crippen LogP contribution in [-0.2, 0) is 17.8 Å². The van der Waals surface area contributed by atoms with Gasteiger partial charge in [-0.15, -0.1) is 0 Å². The highest BCUT2D eigenvalue weighted by Gasteiger charge is 2.38. The van der Waals surface area contributed by atoms with E-state index in [1.807, 2.05) is 0 Å². The first-order valence-electron chi connectivity index (χ1n) is 10.6. The zero-order chi connectivity index (χ0) is 23.5. The predicted octanol–water partition coefficient (Wildman–Crippen LogP) is 3.73. The largest absolute Gasteiger partial charge is 0.490 e. The second kappa shape index (κ2) is 9.72. The molecule has 0 spiro atoms. The van der Waals surface area contributed by atoms with Crippen molar-refractivity contribution >= 4 is 11.9 Å². The maximum atomic E-state index is 13.3. The van der Waals surface area contributed by atoms with Gasteiger partial charge in [0.25, 0.3) is 11.8 Å². The molecule has 0 unspecified atom stereocenters. The highest BCUT2D eigenvalue weighted by atomic mass is 19.4. The zero-order valence-corrected chi connectivity index (χ0v) is 17.5. The van der Waals surface area contributed by atoms with Crippen LogP contribution in [-0.4, -0.2) is 70.0 Å². The number of hydrogen-bond donors (Lipinski definition) is 1. The van der Waals surface area contributed by atoms with Gasteiger partial charge in [-0.2, -0.15) is 13.2 Å². The fourth-order valence-electron chi connectivity index (χ4n) is 4.23. The van der Waals surface area contributed by atoms with E-state index in [0.29, 0.717) is 0 Å². The number of fused-ring (bicyclic) bond motifs is 1. The van der Waals surface area contributed by atoms with E-state index in [1.54, 1.807) is 0 Å². The number of piperidine rings is 1. The van der Waals surface area contributed by atoms with Gasteiger partial charge in [0.05, 0.1) is 5.69 Å². The minimum atomic E-state index is -5.08. The third kappa shape index (κ3) is 6.39. The topological polar surface area (TPSA) is 86.9 Å². The van der Waals surface area contributed by atoms with Crippen molar-refractivity contribution < 1.29 is 41.1 Å². The van der Waals surface area contributed by atoms with Crippen LogP contribution in [0.3, 0.4) is 0 Å². The Morgan fingerprint density at radius 2 is 1.72 bits per heavy atom. The van der Waals surface area contributed by atoms with Crippen molar-refractivity contribution in [2.24, 2.45) is 5.92 Å². The maximum Gasteiger partial charge on any atom is 0.490 e. The molecule has 1 aromatic rings. The Bertz CT molecular complexity index is 811. The van der Waals surface area contributed by atoms with Crippen molar-refractivity contribution in [1.82, 2.24) is 14.8 Å². The van der Waals surface area contributed by atoms with Crippen molar-refractivity contribution in [3.63, 3.8) is 0 Å². The summed E-state index contributed by atoms with van der Waals surface area (Å²) in [6.45, 7) is 2.87. The van der Waals surface area contributed by atoms with E-state index in [-0.39, 0.29) is 37.7 Å². The fraction of sp³-hybridized carbons (Fsp3) is 0.750. The number of hydrogen-bond acceptors (Lipinski definition) is 5. The summed E-state index contributed by atoms with van der Waals surface area (Å²) in [7, 11) is 0. The number of carbonyl (C=O) groups excluding carboxylic acids is 1. The lowest BCUT2D eigenvalue weighted by atomic mass is 10.1. The molecular weight excluding hydrogens is 441 g/mol. The number of aromatic nitrogens is 1. The molecule has 1 amide bonds. The smallest absolute Gasteiger partial charge is 0.475 e. The summed E-state index contributed by atoms with van der Waals surface area (Å²) in [5.74, 6) is -4.14. The monoisotopic (exact) mass is 467 g/mol. The van der Waals surface area contributed by atoms with E-state index in [9.17, 15) is 26.7 Å². The first-order chi connectivity index (χ1) is 14.9. The Hall–Kier alpha value is -2.24. The first-order valence-corrected chi connectivity index (χ1v) is 10.6. The predicted molar refractivity (Wildman–Crippen MR) is 101 cm³/mol. The van der Waals surface area contributed by atoms with Gasteiger partial charge in [0.2, 0.25) is 0 Å². The van der Waals surface area contributed by atoms with Gasteiger partial charge in [-0.05, 0) is 18.8 Å². The second-order valence-electron chi connectivity index (χ2n) is 8.48. The Balaban J connectivity index is 0.000000360. The van der Waals surface area contributed by atoms with E-state index in [1.165, 1.54) is 30.6 Å². The van der Waals surface area contributed by atoms with Crippen LogP contribution in [0.25, 0.3) is 0 Å². The molecule has 4 rings (SSSR count). The van der Waals surface area contributed by atoms with E-state index in [0.717, 1.165) is 43.4 Å². The van der Waals surface area contributed by atoms with Crippen molar-refractivity contribution in [3.8, 4) is 0 Å². The van der Waals surface area contributed by atoms with Gasteiger partial charge in [0.1, 0.15) is 5.76 Å². The molecule has 2 aliphatic heterocycles. The summed E-state index contributed by atoms with van der Waals surface area (Å²) >= 11 is 0. The number of likely N-dealkylation sites (tertiary alicyclic amines) is 1. The number of amides is 1. The van der Waals surface area contributed by atoms with Crippen molar-refractivity contribution in [1.29, 1.82) is 0 Å². The SMILES string of the molecule is O=C(O)C(F)(F)F.O=C(c1nc2c(o1)CCN(CC1CCCC1)C2)N1CCC(F)(F)CC1. The van der Waals surface area contributed by atoms with Gasteiger partial charge < -0.3 is 14.4 Å². The molecule has 3 heterocycles. The van der Waals surface area contributed by atoms with Gasteiger partial charge in [-0.3, -0.25) is 9.69 Å². The summed E-state index contributed by atoms with van der Waals surface area (Å²) in [5.41, 5.74) is 0.843. The quantitative estimate of drug-likeness (QED) is 0.682. The van der Waals surface area contributed by atoms with Gasteiger partial charge in [0.15, 0.2) is 0 Å². The van der Waals surface area contributed by atoms with Crippen LogP contribution in [0.15, 0.2) is 4.42 Å². The van der Waals surface area contributed by atoms with Crippen molar-refractivity contribution in [2.75, 3.05) is 26.2 Å². The van der Waals surface area contributed by atoms with Gasteiger partial charge >= 0.3 is 18.1 Å². The van der Waals surface area contributed by atoms with Crippen LogP contribution in [0.1, 0.15) is 60.7 Å². The number of carboxylic acid groups (broad SMARTS) is 1. The molecule has 180 valence electrons. The highest BCUT2D eigenvalue weighted by Crippen LogP contribution is 2.30. The summed E-state index contributed by atoms with van der Waals surface area (Å²) < 4.78 is 63.9. The zero-order valence-electron chi connectivity index (χ0n) is 17.5. The Morgan fingerprint density at radius 3 is 2.28 bits per heavy atom. The maximum absolute atomic E-state index is 13.3. The Kier molecular flexibility index (Phi) is 7.41. The van der Waals surface area contributed by atoms with E-state index >= 15 is 0 Å². The summed E-state index contributed by atoms with van der Waals surface area (Å²) in [6.07, 6.45) is 0.405. The molecular formula is C20H26F5N3O4. The number of nitrogens with zero attached hydrogens (tertiary/aromatic N) is 3. The number of carboxylic acids is 1. The number of aliphatic carboxylic acids is 1. The number of oxazole rings is 1. The molecule has 7 nitrogen and oxygen atoms in total. The number of alkyl halides is 5. The molecule has 0 atom stereocenters. The summed E-state index contributed by atoms with van der Waals surface area (Å²) in [5, 5.41) is 7.12. The highest BCUT2D eigenvalue weighted by molar-refractivity contribution is 5.89. The number of carbonyl (C=O) groups is 2. The van der Waals surface area contributed by atoms with Crippen LogP contribution in [0.5, 0.6) is 0 Å². The van der Waals surface area contributed by atoms with Gasteiger partial charge in [-0.25, -0.2) is 18.6 Å². The molecule has 1 aliphatic carbocycles. The molecule has 1 N–H and O–H groups in total. The average Bonchev–Trinajstić information content (AvgIpc) is 3.36. The van der Waals surface area contributed by atoms with Gasteiger partial charge in [-0.1, -0.05) is 12.8 Å². The summed E-state index contributed by atoms with van der Waals surface area (Å²) in [4.78, 5) is 29.6. The third-order valence-electron chi connectivity index (χ3n) is 6.01. The lowest BCUT2D eigenvalue weighted by molar-refractivity contribution is -0.192. The third-order valence-corrected chi connectivity index (χ3v) is 6.01. The standard InChI is InChI=1S/C18H25F2N3O2.C2HF3O2/c19-18(20)6-9-23(10-7-18)17(24)16-21-14-12-22(8-5-15(14)25-16)11-13-3-1-2-4-13;3-2(4,5)1(6)7/h13H,1-12H2;(H,6,7). The number of rotatable bonds is 3. The van der Waals surface area contributed by atoms with Crippen LogP contribution < -0.4 is 0 Å². The van der Waals surface area contributed by atoms with E-state index in [2.05, 4.69) is 9.88 Å². The minimum absolute atomic E-state index is 0.0622. The van der Waals surface area contributed by atoms with Crippen molar-refractivity contribution in [2.45, 2.75) is 63.6 Å². The molecule has 0 aromatic carbocycles. The summed E-state index contributed by atoms with van der Waals surface area (Å²) in [6, 6.07) is 0. The van der Waals surface area contributed by atoms with Gasteiger partial charge in [0, 0.05) is 52.0 Å². The van der Waals surface area contributed by atoms with E-state index < -0.39 is 18.1 Å². The lowest BCUT2D eigenvalue weighted by Crippen LogP contribution is -2.42. The van der Waals surface area contributed by atoms with Crippen LogP contribution in [0, 0.1) is 5.92 Å². The molecule has 0 radical (unpaired) electrons. The van der Waals surface area contributed by atoms with Crippen LogP contribution in [0.4, 0.5) is 22.0 Å². The Labute approximate surface area is 181 Å². The van der Waals surface area contributed by atoms with Crippen LogP contribution in [0.2, 0.25) is 0 Å². The van der Waals surface area contributed by atoms with E-state index in [4.69, 9.17) is 14.3 Å². The molecule has 3 aliphatic rings.